The van der Waals surface area contributed by atoms with Crippen LogP contribution in [0.4, 0.5) is 0 Å². The Balaban J connectivity index is 1.62. The quantitative estimate of drug-likeness (QED) is 0.496. The molecule has 144 valence electrons. The summed E-state index contributed by atoms with van der Waals surface area (Å²) in [5.41, 5.74) is 3.49. The van der Waals surface area contributed by atoms with Gasteiger partial charge in [-0.3, -0.25) is 14.1 Å². The SMILES string of the molecule is O=c1n(Cc2nc3ccccc3n2COCCO)c2cnccc2n1C1CC1. The Hall–Kier alpha value is -2.97. The van der Waals surface area contributed by atoms with Gasteiger partial charge < -0.3 is 14.4 Å². The Kier molecular flexibility index (Phi) is 4.22. The van der Waals surface area contributed by atoms with Crippen molar-refractivity contribution in [2.24, 2.45) is 0 Å². The molecule has 1 N–H and O–H groups in total. The largest absolute Gasteiger partial charge is 0.394 e. The molecule has 0 unspecified atom stereocenters. The monoisotopic (exact) mass is 379 g/mol. The first-order valence-electron chi connectivity index (χ1n) is 9.45. The summed E-state index contributed by atoms with van der Waals surface area (Å²) in [5.74, 6) is 0.736. The van der Waals surface area contributed by atoms with Crippen molar-refractivity contribution in [3.63, 3.8) is 0 Å². The van der Waals surface area contributed by atoms with E-state index in [1.54, 1.807) is 17.0 Å². The van der Waals surface area contributed by atoms with Gasteiger partial charge in [0.15, 0.2) is 0 Å². The van der Waals surface area contributed by atoms with E-state index in [2.05, 4.69) is 4.98 Å². The lowest BCUT2D eigenvalue weighted by molar-refractivity contribution is 0.0486. The first-order valence-corrected chi connectivity index (χ1v) is 9.45. The van der Waals surface area contributed by atoms with Crippen LogP contribution >= 0.6 is 0 Å². The number of aliphatic hydroxyl groups excluding tert-OH is 1. The van der Waals surface area contributed by atoms with Crippen LogP contribution in [0.5, 0.6) is 0 Å². The van der Waals surface area contributed by atoms with E-state index in [9.17, 15) is 4.79 Å². The first kappa shape index (κ1) is 17.2. The number of fused-ring (bicyclic) bond motifs is 2. The molecule has 0 aliphatic heterocycles. The Morgan fingerprint density at radius 3 is 2.79 bits per heavy atom. The number of para-hydroxylation sites is 2. The highest BCUT2D eigenvalue weighted by Gasteiger charge is 2.29. The van der Waals surface area contributed by atoms with E-state index in [0.29, 0.717) is 6.54 Å². The molecule has 8 heteroatoms. The van der Waals surface area contributed by atoms with Crippen molar-refractivity contribution in [3.05, 3.63) is 59.0 Å². The summed E-state index contributed by atoms with van der Waals surface area (Å²) in [7, 11) is 0. The van der Waals surface area contributed by atoms with E-state index < -0.39 is 0 Å². The van der Waals surface area contributed by atoms with Crippen LogP contribution in [0.2, 0.25) is 0 Å². The predicted molar refractivity (Wildman–Crippen MR) is 104 cm³/mol. The topological polar surface area (TPSA) is 87.1 Å². The summed E-state index contributed by atoms with van der Waals surface area (Å²) in [5, 5.41) is 9.02. The number of ether oxygens (including phenoxy) is 1. The Bertz CT molecular complexity index is 1200. The maximum atomic E-state index is 13.2. The van der Waals surface area contributed by atoms with Gasteiger partial charge in [-0.2, -0.15) is 0 Å². The van der Waals surface area contributed by atoms with Crippen LogP contribution < -0.4 is 5.69 Å². The summed E-state index contributed by atoms with van der Waals surface area (Å²) in [6.45, 7) is 0.807. The molecule has 28 heavy (non-hydrogen) atoms. The minimum atomic E-state index is -0.0397. The molecule has 1 fully saturated rings. The van der Waals surface area contributed by atoms with E-state index in [-0.39, 0.29) is 31.7 Å². The van der Waals surface area contributed by atoms with E-state index >= 15 is 0 Å². The average Bonchev–Trinajstić information content (AvgIpc) is 3.43. The number of hydrogen-bond donors (Lipinski definition) is 1. The van der Waals surface area contributed by atoms with Crippen molar-refractivity contribution in [2.75, 3.05) is 13.2 Å². The van der Waals surface area contributed by atoms with Crippen molar-refractivity contribution in [2.45, 2.75) is 32.2 Å². The van der Waals surface area contributed by atoms with Gasteiger partial charge in [0.25, 0.3) is 0 Å². The van der Waals surface area contributed by atoms with Crippen molar-refractivity contribution < 1.29 is 9.84 Å². The summed E-state index contributed by atoms with van der Waals surface area (Å²) >= 11 is 0. The number of benzene rings is 1. The van der Waals surface area contributed by atoms with Crippen molar-refractivity contribution in [1.82, 2.24) is 23.7 Å². The van der Waals surface area contributed by atoms with Gasteiger partial charge in [-0.25, -0.2) is 9.78 Å². The molecule has 0 bridgehead atoms. The van der Waals surface area contributed by atoms with E-state index in [4.69, 9.17) is 14.8 Å². The van der Waals surface area contributed by atoms with Gasteiger partial charge in [-0.05, 0) is 31.0 Å². The van der Waals surface area contributed by atoms with Gasteiger partial charge in [0.2, 0.25) is 0 Å². The third-order valence-corrected chi connectivity index (χ3v) is 5.17. The molecule has 3 aromatic heterocycles. The van der Waals surface area contributed by atoms with Crippen molar-refractivity contribution >= 4 is 22.1 Å². The van der Waals surface area contributed by atoms with Crippen LogP contribution in [0.1, 0.15) is 24.7 Å². The highest BCUT2D eigenvalue weighted by molar-refractivity contribution is 5.77. The van der Waals surface area contributed by atoms with Crippen molar-refractivity contribution in [1.29, 1.82) is 0 Å². The molecule has 1 aromatic carbocycles. The lowest BCUT2D eigenvalue weighted by Crippen LogP contribution is -2.25. The average molecular weight is 379 g/mol. The second-order valence-electron chi connectivity index (χ2n) is 7.04. The van der Waals surface area contributed by atoms with E-state index in [0.717, 1.165) is 40.7 Å². The fourth-order valence-corrected chi connectivity index (χ4v) is 3.72. The highest BCUT2D eigenvalue weighted by Crippen LogP contribution is 2.36. The van der Waals surface area contributed by atoms with Gasteiger partial charge >= 0.3 is 5.69 Å². The molecule has 1 aliphatic carbocycles. The summed E-state index contributed by atoms with van der Waals surface area (Å²) in [4.78, 5) is 22.1. The molecular formula is C20H21N5O3. The summed E-state index contributed by atoms with van der Waals surface area (Å²) in [6.07, 6.45) is 5.54. The molecule has 1 saturated carbocycles. The molecule has 1 aliphatic rings. The highest BCUT2D eigenvalue weighted by atomic mass is 16.5. The second kappa shape index (κ2) is 6.88. The maximum Gasteiger partial charge on any atom is 0.329 e. The minimum absolute atomic E-state index is 0.0274. The molecule has 0 radical (unpaired) electrons. The zero-order valence-electron chi connectivity index (χ0n) is 15.4. The van der Waals surface area contributed by atoms with Crippen LogP contribution in [0.3, 0.4) is 0 Å². The van der Waals surface area contributed by atoms with Crippen molar-refractivity contribution in [3.8, 4) is 0 Å². The van der Waals surface area contributed by atoms with Crippen LogP contribution in [0.15, 0.2) is 47.5 Å². The van der Waals surface area contributed by atoms with E-state index in [1.807, 2.05) is 39.5 Å². The normalized spacial score (nSPS) is 14.3. The van der Waals surface area contributed by atoms with Gasteiger partial charge in [0.1, 0.15) is 12.6 Å². The molecule has 0 saturated heterocycles. The predicted octanol–water partition coefficient (Wildman–Crippen LogP) is 1.90. The lowest BCUT2D eigenvalue weighted by Gasteiger charge is -2.10. The fourth-order valence-electron chi connectivity index (χ4n) is 3.72. The van der Waals surface area contributed by atoms with Crippen LogP contribution in [0, 0.1) is 0 Å². The number of aliphatic hydroxyl groups is 1. The number of imidazole rings is 2. The molecule has 8 nitrogen and oxygen atoms in total. The number of pyridine rings is 1. The minimum Gasteiger partial charge on any atom is -0.394 e. The zero-order valence-corrected chi connectivity index (χ0v) is 15.4. The fraction of sp³-hybridized carbons (Fsp3) is 0.350. The standard InChI is InChI=1S/C20H21N5O3/c26-9-10-28-13-24-16-4-2-1-3-15(16)22-19(24)12-23-18-11-21-8-7-17(18)25(20(23)27)14-5-6-14/h1-4,7-8,11,14,26H,5-6,9-10,12-13H2. The summed E-state index contributed by atoms with van der Waals surface area (Å²) < 4.78 is 11.1. The Morgan fingerprint density at radius 1 is 1.11 bits per heavy atom. The molecule has 0 spiro atoms. The molecular weight excluding hydrogens is 358 g/mol. The Labute approximate surface area is 160 Å². The Morgan fingerprint density at radius 2 is 1.96 bits per heavy atom. The number of rotatable bonds is 7. The van der Waals surface area contributed by atoms with Gasteiger partial charge in [0.05, 0.1) is 48.0 Å². The number of nitrogens with zero attached hydrogens (tertiary/aromatic N) is 5. The van der Waals surface area contributed by atoms with Crippen LogP contribution in [-0.2, 0) is 18.0 Å². The zero-order chi connectivity index (χ0) is 19.1. The van der Waals surface area contributed by atoms with Gasteiger partial charge in [-0.15, -0.1) is 0 Å². The van der Waals surface area contributed by atoms with Gasteiger partial charge in [-0.1, -0.05) is 12.1 Å². The number of aromatic nitrogens is 5. The van der Waals surface area contributed by atoms with Crippen LogP contribution in [0.25, 0.3) is 22.1 Å². The maximum absolute atomic E-state index is 13.2. The van der Waals surface area contributed by atoms with Crippen LogP contribution in [-0.4, -0.2) is 42.0 Å². The molecule has 3 heterocycles. The third kappa shape index (κ3) is 2.81. The first-order chi connectivity index (χ1) is 13.8. The molecule has 4 aromatic rings. The smallest absolute Gasteiger partial charge is 0.329 e. The summed E-state index contributed by atoms with van der Waals surface area (Å²) in [6, 6.07) is 9.99. The second-order valence-corrected chi connectivity index (χ2v) is 7.04. The molecule has 5 rings (SSSR count). The lowest BCUT2D eigenvalue weighted by atomic mass is 10.3. The van der Waals surface area contributed by atoms with Gasteiger partial charge in [0, 0.05) is 12.2 Å². The molecule has 0 atom stereocenters. The number of hydrogen-bond acceptors (Lipinski definition) is 5. The molecule has 0 amide bonds. The third-order valence-electron chi connectivity index (χ3n) is 5.17. The van der Waals surface area contributed by atoms with E-state index in [1.165, 1.54) is 0 Å².